The van der Waals surface area contributed by atoms with Crippen molar-refractivity contribution in [2.24, 2.45) is 0 Å². The molecule has 1 atom stereocenters. The Morgan fingerprint density at radius 2 is 2.44 bits per heavy atom. The van der Waals surface area contributed by atoms with Crippen LogP contribution in [-0.2, 0) is 9.53 Å². The van der Waals surface area contributed by atoms with Crippen LogP contribution < -0.4 is 15.5 Å². The van der Waals surface area contributed by atoms with Crippen LogP contribution in [0.3, 0.4) is 0 Å². The van der Waals surface area contributed by atoms with Gasteiger partial charge < -0.3 is 20.3 Å². The lowest BCUT2D eigenvalue weighted by molar-refractivity contribution is -0.120. The number of aromatic nitrogens is 1. The fraction of sp³-hybridized carbons (Fsp3) is 0.500. The highest BCUT2D eigenvalue weighted by atomic mass is 16.5. The molecule has 0 bridgehead atoms. The van der Waals surface area contributed by atoms with E-state index in [0.717, 1.165) is 5.69 Å². The molecule has 2 heterocycles. The molecule has 0 saturated carbocycles. The first-order chi connectivity index (χ1) is 8.68. The van der Waals surface area contributed by atoms with Crippen LogP contribution in [0.2, 0.25) is 0 Å². The van der Waals surface area contributed by atoms with Crippen LogP contribution in [0.4, 0.5) is 11.4 Å². The summed E-state index contributed by atoms with van der Waals surface area (Å²) in [5, 5.41) is 5.99. The number of nitrogens with zero attached hydrogens (tertiary/aromatic N) is 2. The second-order valence-corrected chi connectivity index (χ2v) is 4.36. The summed E-state index contributed by atoms with van der Waals surface area (Å²) >= 11 is 0. The highest BCUT2D eigenvalue weighted by Crippen LogP contribution is 2.22. The van der Waals surface area contributed by atoms with Crippen molar-refractivity contribution in [1.82, 2.24) is 10.3 Å². The number of nitrogens with one attached hydrogen (secondary N) is 2. The smallest absolute Gasteiger partial charge is 0.244 e. The van der Waals surface area contributed by atoms with Crippen molar-refractivity contribution < 1.29 is 9.53 Å². The van der Waals surface area contributed by atoms with Crippen LogP contribution in [0.15, 0.2) is 18.5 Å². The largest absolute Gasteiger partial charge is 0.378 e. The van der Waals surface area contributed by atoms with Crippen LogP contribution in [0.25, 0.3) is 0 Å². The first-order valence-corrected chi connectivity index (χ1v) is 5.92. The van der Waals surface area contributed by atoms with Crippen LogP contribution in [0.5, 0.6) is 0 Å². The molecule has 1 aliphatic heterocycles. The molecule has 1 unspecified atom stereocenters. The Balaban J connectivity index is 2.06. The fourth-order valence-corrected chi connectivity index (χ4v) is 1.83. The van der Waals surface area contributed by atoms with Crippen molar-refractivity contribution in [3.8, 4) is 0 Å². The molecule has 1 aromatic rings. The van der Waals surface area contributed by atoms with Crippen molar-refractivity contribution in [1.29, 1.82) is 0 Å². The first-order valence-electron chi connectivity index (χ1n) is 5.92. The van der Waals surface area contributed by atoms with Crippen molar-refractivity contribution >= 4 is 17.3 Å². The molecule has 18 heavy (non-hydrogen) atoms. The SMILES string of the molecule is CN(C)c1ccncc1NC(=O)C1COCCN1. The molecule has 0 aliphatic carbocycles. The van der Waals surface area contributed by atoms with E-state index in [-0.39, 0.29) is 11.9 Å². The predicted molar refractivity (Wildman–Crippen MR) is 69.8 cm³/mol. The maximum atomic E-state index is 12.0. The molecule has 1 aliphatic rings. The standard InChI is InChI=1S/C12H18N4O2/c1-16(2)11-3-4-13-7-9(11)15-12(17)10-8-18-6-5-14-10/h3-4,7,10,14H,5-6,8H2,1-2H3,(H,15,17). The second-order valence-electron chi connectivity index (χ2n) is 4.36. The lowest BCUT2D eigenvalue weighted by Gasteiger charge is -2.24. The zero-order valence-corrected chi connectivity index (χ0v) is 10.6. The number of anilines is 2. The van der Waals surface area contributed by atoms with Gasteiger partial charge in [0.05, 0.1) is 30.8 Å². The lowest BCUT2D eigenvalue weighted by Crippen LogP contribution is -2.48. The third-order valence-corrected chi connectivity index (χ3v) is 2.78. The molecule has 0 spiro atoms. The summed E-state index contributed by atoms with van der Waals surface area (Å²) < 4.78 is 5.27. The normalized spacial score (nSPS) is 19.3. The zero-order valence-electron chi connectivity index (χ0n) is 10.6. The lowest BCUT2D eigenvalue weighted by atomic mass is 10.2. The molecule has 6 heteroatoms. The van der Waals surface area contributed by atoms with Gasteiger partial charge in [-0.2, -0.15) is 0 Å². The Kier molecular flexibility index (Phi) is 4.11. The second kappa shape index (κ2) is 5.79. The van der Waals surface area contributed by atoms with Gasteiger partial charge in [0.1, 0.15) is 6.04 Å². The Bertz CT molecular complexity index is 416. The van der Waals surface area contributed by atoms with Gasteiger partial charge in [0.2, 0.25) is 5.91 Å². The van der Waals surface area contributed by atoms with Gasteiger partial charge in [-0.25, -0.2) is 0 Å². The number of amides is 1. The number of carbonyl (C=O) groups is 1. The molecule has 1 aromatic heterocycles. The minimum Gasteiger partial charge on any atom is -0.378 e. The number of rotatable bonds is 3. The summed E-state index contributed by atoms with van der Waals surface area (Å²) in [6.07, 6.45) is 3.35. The summed E-state index contributed by atoms with van der Waals surface area (Å²) in [6.45, 7) is 1.76. The average Bonchev–Trinajstić information content (AvgIpc) is 2.40. The minimum atomic E-state index is -0.297. The highest BCUT2D eigenvalue weighted by Gasteiger charge is 2.22. The summed E-state index contributed by atoms with van der Waals surface area (Å²) in [7, 11) is 3.85. The van der Waals surface area contributed by atoms with Gasteiger partial charge in [0.25, 0.3) is 0 Å². The van der Waals surface area contributed by atoms with E-state index in [1.165, 1.54) is 0 Å². The molecule has 6 nitrogen and oxygen atoms in total. The number of morpholine rings is 1. The van der Waals surface area contributed by atoms with Crippen molar-refractivity contribution in [2.45, 2.75) is 6.04 Å². The molecule has 98 valence electrons. The van der Waals surface area contributed by atoms with Gasteiger partial charge in [0, 0.05) is 26.8 Å². The molecule has 2 N–H and O–H groups in total. The quantitative estimate of drug-likeness (QED) is 0.795. The molecule has 0 aromatic carbocycles. The van der Waals surface area contributed by atoms with E-state index >= 15 is 0 Å². The molecule has 0 radical (unpaired) electrons. The van der Waals surface area contributed by atoms with E-state index in [9.17, 15) is 4.79 Å². The molecule has 1 fully saturated rings. The topological polar surface area (TPSA) is 66.5 Å². The van der Waals surface area contributed by atoms with E-state index in [2.05, 4.69) is 15.6 Å². The van der Waals surface area contributed by atoms with Crippen molar-refractivity contribution in [2.75, 3.05) is 44.1 Å². The van der Waals surface area contributed by atoms with Gasteiger partial charge in [0.15, 0.2) is 0 Å². The maximum Gasteiger partial charge on any atom is 0.244 e. The molecule has 1 amide bonds. The number of ether oxygens (including phenoxy) is 1. The zero-order chi connectivity index (χ0) is 13.0. The number of hydrogen-bond donors (Lipinski definition) is 2. The summed E-state index contributed by atoms with van der Waals surface area (Å²) in [4.78, 5) is 18.0. The molecule has 1 saturated heterocycles. The van der Waals surface area contributed by atoms with Crippen LogP contribution >= 0.6 is 0 Å². The van der Waals surface area contributed by atoms with Crippen molar-refractivity contribution in [3.63, 3.8) is 0 Å². The molecular formula is C12H18N4O2. The van der Waals surface area contributed by atoms with E-state index in [4.69, 9.17) is 4.74 Å². The monoisotopic (exact) mass is 250 g/mol. The van der Waals surface area contributed by atoms with Gasteiger partial charge in [-0.3, -0.25) is 9.78 Å². The van der Waals surface area contributed by atoms with Gasteiger partial charge >= 0.3 is 0 Å². The van der Waals surface area contributed by atoms with E-state index in [1.807, 2.05) is 25.1 Å². The van der Waals surface area contributed by atoms with Gasteiger partial charge in [-0.1, -0.05) is 0 Å². The van der Waals surface area contributed by atoms with E-state index in [0.29, 0.717) is 25.4 Å². The molecule has 2 rings (SSSR count). The third-order valence-electron chi connectivity index (χ3n) is 2.78. The Morgan fingerprint density at radius 3 is 3.11 bits per heavy atom. The van der Waals surface area contributed by atoms with Gasteiger partial charge in [-0.05, 0) is 6.07 Å². The minimum absolute atomic E-state index is 0.0919. The highest BCUT2D eigenvalue weighted by molar-refractivity contribution is 5.97. The summed E-state index contributed by atoms with van der Waals surface area (Å²) in [5.41, 5.74) is 1.63. The van der Waals surface area contributed by atoms with Crippen LogP contribution in [0, 0.1) is 0 Å². The summed E-state index contributed by atoms with van der Waals surface area (Å²) in [6, 6.07) is 1.56. The number of pyridine rings is 1. The van der Waals surface area contributed by atoms with Crippen LogP contribution in [-0.4, -0.2) is 50.8 Å². The summed E-state index contributed by atoms with van der Waals surface area (Å²) in [5.74, 6) is -0.0919. The Hall–Kier alpha value is -1.66. The predicted octanol–water partition coefficient (Wildman–Crippen LogP) is 0.0745. The van der Waals surface area contributed by atoms with Gasteiger partial charge in [-0.15, -0.1) is 0 Å². The molecular weight excluding hydrogens is 232 g/mol. The number of carbonyl (C=O) groups excluding carboxylic acids is 1. The Morgan fingerprint density at radius 1 is 1.61 bits per heavy atom. The van der Waals surface area contributed by atoms with E-state index in [1.54, 1.807) is 12.4 Å². The Labute approximate surface area is 106 Å². The third kappa shape index (κ3) is 2.96. The first kappa shape index (κ1) is 12.8. The van der Waals surface area contributed by atoms with E-state index < -0.39 is 0 Å². The fourth-order valence-electron chi connectivity index (χ4n) is 1.83. The van der Waals surface area contributed by atoms with Crippen molar-refractivity contribution in [3.05, 3.63) is 18.5 Å². The average molecular weight is 250 g/mol. The maximum absolute atomic E-state index is 12.0. The van der Waals surface area contributed by atoms with Crippen LogP contribution in [0.1, 0.15) is 0 Å². The number of hydrogen-bond acceptors (Lipinski definition) is 5.